The van der Waals surface area contributed by atoms with Gasteiger partial charge in [-0.1, -0.05) is 85.5 Å². The highest BCUT2D eigenvalue weighted by Gasteiger charge is 2.50. The van der Waals surface area contributed by atoms with Crippen LogP contribution in [0.3, 0.4) is 0 Å². The van der Waals surface area contributed by atoms with E-state index in [-0.39, 0.29) is 44.5 Å². The Morgan fingerprint density at radius 3 is 2.13 bits per heavy atom. The molecule has 2 aromatic carbocycles. The first kappa shape index (κ1) is 50.5. The number of Topliss-reactive ketones (excluding diaryl/α,β-unsaturated/α-hetero) is 1. The number of hydrogen-bond donors (Lipinski definition) is 6. The minimum Gasteiger partial charge on any atom is -0.507 e. The van der Waals surface area contributed by atoms with Crippen molar-refractivity contribution in [3.8, 4) is 23.0 Å². The molecule has 3 aliphatic rings. The Kier molecular flexibility index (Phi) is 17.6. The minimum atomic E-state index is -2.05. The third kappa shape index (κ3) is 11.2. The van der Waals surface area contributed by atoms with E-state index in [2.05, 4.69) is 19.2 Å². The molecule has 9 atom stereocenters. The lowest BCUT2D eigenvalue weighted by molar-refractivity contribution is -0.160. The van der Waals surface area contributed by atoms with Crippen molar-refractivity contribution in [1.29, 1.82) is 0 Å². The van der Waals surface area contributed by atoms with Crippen molar-refractivity contribution in [2.45, 2.75) is 138 Å². The highest BCUT2D eigenvalue weighted by Crippen LogP contribution is 2.55. The van der Waals surface area contributed by atoms with E-state index in [0.29, 0.717) is 13.1 Å². The van der Waals surface area contributed by atoms with E-state index in [1.807, 2.05) is 5.01 Å². The Balaban J connectivity index is 1.99. The number of amides is 1. The normalized spacial score (nSPS) is 28.9. The summed E-state index contributed by atoms with van der Waals surface area (Å²) in [6.45, 7) is 18.0. The van der Waals surface area contributed by atoms with Crippen LogP contribution in [0, 0.1) is 30.6 Å². The molecule has 0 saturated heterocycles. The van der Waals surface area contributed by atoms with Crippen molar-refractivity contribution in [3.05, 3.63) is 52.8 Å². The number of phenols is 3. The molecule has 0 fully saturated rings. The van der Waals surface area contributed by atoms with Crippen LogP contribution in [0.1, 0.15) is 122 Å². The molecule has 3 heterocycles. The number of nitrogens with zero attached hydrogens (tertiary/aromatic N) is 2. The van der Waals surface area contributed by atoms with Crippen molar-refractivity contribution in [1.82, 2.24) is 5.01 Å². The Hall–Kier alpha value is -5.12. The summed E-state index contributed by atoms with van der Waals surface area (Å²) in [5, 5.41) is 67.7. The summed E-state index contributed by atoms with van der Waals surface area (Å²) in [6.07, 6.45) is 10.6. The monoisotopic (exact) mass is 879 g/mol. The first-order valence-corrected chi connectivity index (χ1v) is 22.1. The number of phenolic OH excluding ortho intramolecular Hbond substituents is 3. The largest absolute Gasteiger partial charge is 0.507 e. The fraction of sp³-hybridized carbons (Fsp3) is 0.583. The van der Waals surface area contributed by atoms with Gasteiger partial charge in [0, 0.05) is 74.2 Å². The SMILES string of the molecule is CCCCCN(CCCCC)/N=C/c1c2c(O)c3c(O)c(C)c4c(c3c1O)C(=O)[C@@](C)(O/C=C/[C@H](OC)[C@@H](C)[C@@H](OC(C)=O)[C@H](C)[C@H](O)[C@H](C)[C@@H](O)[C@@H](C)/C=C/C=C(\C)C(=O)N2)O4. The summed E-state index contributed by atoms with van der Waals surface area (Å²) in [7, 11) is 1.44. The second-order valence-electron chi connectivity index (χ2n) is 17.2. The summed E-state index contributed by atoms with van der Waals surface area (Å²) in [5.41, 5.74) is -0.303. The topological polar surface area (TPSA) is 217 Å². The van der Waals surface area contributed by atoms with Gasteiger partial charge < -0.3 is 49.8 Å². The number of rotatable bonds is 12. The molecule has 0 saturated carbocycles. The average Bonchev–Trinajstić information content (AvgIpc) is 3.51. The van der Waals surface area contributed by atoms with E-state index in [1.54, 1.807) is 39.8 Å². The van der Waals surface area contributed by atoms with Crippen LogP contribution in [0.5, 0.6) is 23.0 Å². The molecule has 63 heavy (non-hydrogen) atoms. The molecule has 6 N–H and O–H groups in total. The van der Waals surface area contributed by atoms with E-state index in [9.17, 15) is 39.9 Å². The predicted molar refractivity (Wildman–Crippen MR) is 242 cm³/mol. The van der Waals surface area contributed by atoms with Crippen molar-refractivity contribution >= 4 is 40.3 Å². The Labute approximate surface area is 371 Å². The third-order valence-corrected chi connectivity index (χ3v) is 12.4. The van der Waals surface area contributed by atoms with Gasteiger partial charge in [0.05, 0.1) is 53.0 Å². The van der Waals surface area contributed by atoms with Crippen LogP contribution in [-0.4, -0.2) is 105 Å². The zero-order valence-electron chi connectivity index (χ0n) is 38.7. The van der Waals surface area contributed by atoms with Crippen LogP contribution in [0.2, 0.25) is 0 Å². The number of fused-ring (bicyclic) bond motifs is 14. The third-order valence-electron chi connectivity index (χ3n) is 12.4. The van der Waals surface area contributed by atoms with Gasteiger partial charge in [0.15, 0.2) is 5.75 Å². The van der Waals surface area contributed by atoms with E-state index in [4.69, 9.17) is 24.0 Å². The molecule has 0 spiro atoms. The molecule has 15 heteroatoms. The van der Waals surface area contributed by atoms with Gasteiger partial charge in [-0.25, -0.2) is 0 Å². The fourth-order valence-electron chi connectivity index (χ4n) is 8.33. The van der Waals surface area contributed by atoms with Gasteiger partial charge in [-0.05, 0) is 32.8 Å². The zero-order chi connectivity index (χ0) is 46.9. The molecular weight excluding hydrogens is 811 g/mol. The molecule has 0 aliphatic carbocycles. The van der Waals surface area contributed by atoms with Crippen molar-refractivity contribution in [2.24, 2.45) is 28.8 Å². The quantitative estimate of drug-likeness (QED) is 0.0300. The van der Waals surface area contributed by atoms with Crippen LogP contribution >= 0.6 is 0 Å². The first-order chi connectivity index (χ1) is 29.8. The number of nitrogens with one attached hydrogen (secondary N) is 1. The molecular formula is C48H69N3O12. The Morgan fingerprint density at radius 1 is 0.905 bits per heavy atom. The standard InChI is InChI=1S/C48H69N3O12/c1-12-14-16-22-51(23-17-15-13-2)49-25-33-38-43(57)36-35(42(33)56)37-45(31(8)41(36)55)63-48(10,46(37)58)61-24-21-34(60-11)28(5)44(62-32(9)52)30(7)40(54)29(6)39(53)26(3)19-18-20-27(4)47(59)50-38/h18-21,24-26,28-30,34,39-40,44,53-57H,12-17,22-23H2,1-11H3,(H,50,59)/b19-18+,24-21+,27-20+,49-25+/t26-,28+,29+,30+,34-,39-,40+,44+,48-/m0/s1. The van der Waals surface area contributed by atoms with Gasteiger partial charge >= 0.3 is 11.8 Å². The lowest BCUT2D eigenvalue weighted by Gasteiger charge is -2.38. The smallest absolute Gasteiger partial charge is 0.312 e. The van der Waals surface area contributed by atoms with Gasteiger partial charge in [0.2, 0.25) is 0 Å². The van der Waals surface area contributed by atoms with Crippen LogP contribution in [0.15, 0.2) is 41.2 Å². The number of esters is 1. The lowest BCUT2D eigenvalue weighted by atomic mass is 9.78. The molecule has 348 valence electrons. The van der Waals surface area contributed by atoms with Gasteiger partial charge in [-0.2, -0.15) is 5.10 Å². The summed E-state index contributed by atoms with van der Waals surface area (Å²) in [5.74, 6) is -8.30. The number of anilines is 1. The molecule has 15 nitrogen and oxygen atoms in total. The number of hydrogen-bond acceptors (Lipinski definition) is 14. The summed E-state index contributed by atoms with van der Waals surface area (Å²) in [6, 6.07) is 0. The maximum absolute atomic E-state index is 14.6. The number of ketones is 1. The number of unbranched alkanes of at least 4 members (excludes halogenated alkanes) is 4. The number of hydrazone groups is 1. The minimum absolute atomic E-state index is 0.0611. The van der Waals surface area contributed by atoms with Crippen LogP contribution in [-0.2, 0) is 23.8 Å². The first-order valence-electron chi connectivity index (χ1n) is 22.1. The molecule has 3 aliphatic heterocycles. The maximum Gasteiger partial charge on any atom is 0.312 e. The van der Waals surface area contributed by atoms with Crippen molar-refractivity contribution in [2.75, 3.05) is 25.5 Å². The predicted octanol–water partition coefficient (Wildman–Crippen LogP) is 7.77. The van der Waals surface area contributed by atoms with Gasteiger partial charge in [0.1, 0.15) is 23.4 Å². The number of methoxy groups -OCH3 is 1. The molecule has 2 aromatic rings. The van der Waals surface area contributed by atoms with Gasteiger partial charge in [-0.3, -0.25) is 19.4 Å². The summed E-state index contributed by atoms with van der Waals surface area (Å²) in [4.78, 5) is 40.8. The number of benzene rings is 2. The number of allylic oxidation sites excluding steroid dienone is 2. The van der Waals surface area contributed by atoms with Gasteiger partial charge in [0.25, 0.3) is 11.7 Å². The molecule has 0 radical (unpaired) electrons. The molecule has 5 rings (SSSR count). The van der Waals surface area contributed by atoms with Crippen molar-refractivity contribution < 1.29 is 58.9 Å². The number of aliphatic hydroxyl groups excluding tert-OH is 2. The highest BCUT2D eigenvalue weighted by atomic mass is 16.7. The maximum atomic E-state index is 14.6. The van der Waals surface area contributed by atoms with E-state index >= 15 is 0 Å². The summed E-state index contributed by atoms with van der Waals surface area (Å²) >= 11 is 0. The highest BCUT2D eigenvalue weighted by molar-refractivity contribution is 6.23. The second kappa shape index (κ2) is 22.0. The molecule has 0 unspecified atom stereocenters. The van der Waals surface area contributed by atoms with Gasteiger partial charge in [-0.15, -0.1) is 0 Å². The molecule has 5 bridgehead atoms. The van der Waals surface area contributed by atoms with Crippen LogP contribution in [0.25, 0.3) is 10.8 Å². The van der Waals surface area contributed by atoms with Crippen LogP contribution < -0.4 is 10.1 Å². The average molecular weight is 880 g/mol. The lowest BCUT2D eigenvalue weighted by Crippen LogP contribution is -2.46. The Morgan fingerprint density at radius 2 is 1.54 bits per heavy atom. The molecule has 0 aromatic heterocycles. The Bertz CT molecular complexity index is 2090. The van der Waals surface area contributed by atoms with E-state index in [1.165, 1.54) is 59.4 Å². The number of carbonyl (C=O) groups is 3. The summed E-state index contributed by atoms with van der Waals surface area (Å²) < 4.78 is 23.7. The van der Waals surface area contributed by atoms with Crippen LogP contribution in [0.4, 0.5) is 5.69 Å². The fourth-order valence-corrected chi connectivity index (χ4v) is 8.33. The molecule has 1 amide bonds. The van der Waals surface area contributed by atoms with E-state index in [0.717, 1.165) is 38.5 Å². The van der Waals surface area contributed by atoms with Crippen molar-refractivity contribution in [3.63, 3.8) is 0 Å². The second-order valence-corrected chi connectivity index (χ2v) is 17.2. The van der Waals surface area contributed by atoms with E-state index < -0.39 is 88.8 Å². The zero-order valence-corrected chi connectivity index (χ0v) is 38.7. The number of aromatic hydroxyl groups is 3. The number of aliphatic hydroxyl groups is 2. The number of ether oxygens (including phenoxy) is 4. The number of carbonyl (C=O) groups excluding carboxylic acids is 3.